The fourth-order valence-electron chi connectivity index (χ4n) is 2.07. The van der Waals surface area contributed by atoms with Crippen LogP contribution in [0.4, 0.5) is 5.69 Å². The number of nitrogens with one attached hydrogen (secondary N) is 1. The van der Waals surface area contributed by atoms with Crippen molar-refractivity contribution in [2.75, 3.05) is 12.4 Å². The van der Waals surface area contributed by atoms with Crippen molar-refractivity contribution in [3.8, 4) is 5.75 Å². The van der Waals surface area contributed by atoms with E-state index in [1.165, 1.54) is 13.2 Å². The van der Waals surface area contributed by atoms with Crippen LogP contribution in [0.5, 0.6) is 5.75 Å². The number of rotatable bonds is 4. The van der Waals surface area contributed by atoms with Crippen molar-refractivity contribution in [1.29, 1.82) is 0 Å². The van der Waals surface area contributed by atoms with E-state index >= 15 is 0 Å². The van der Waals surface area contributed by atoms with Crippen LogP contribution >= 0.6 is 0 Å². The first-order valence-electron chi connectivity index (χ1n) is 6.31. The maximum absolute atomic E-state index is 12.1. The molecule has 0 aliphatic heterocycles. The molecule has 2 N–H and O–H groups in total. The van der Waals surface area contributed by atoms with Gasteiger partial charge in [-0.1, -0.05) is 18.2 Å². The molecule has 5 heteroatoms. The topological polar surface area (TPSA) is 75.6 Å². The van der Waals surface area contributed by atoms with Crippen molar-refractivity contribution in [2.24, 2.45) is 0 Å². The summed E-state index contributed by atoms with van der Waals surface area (Å²) in [7, 11) is 1.41. The second-order valence-corrected chi connectivity index (χ2v) is 4.50. The van der Waals surface area contributed by atoms with Gasteiger partial charge in [0.2, 0.25) is 0 Å². The molecule has 0 saturated carbocycles. The highest BCUT2D eigenvalue weighted by Gasteiger charge is 2.16. The first-order valence-corrected chi connectivity index (χ1v) is 6.31. The lowest BCUT2D eigenvalue weighted by molar-refractivity contribution is 0.0692. The quantitative estimate of drug-likeness (QED) is 0.905. The number of benzene rings is 2. The summed E-state index contributed by atoms with van der Waals surface area (Å²) in [5, 5.41) is 11.9. The molecular formula is C16H15NO4. The van der Waals surface area contributed by atoms with E-state index in [9.17, 15) is 14.7 Å². The van der Waals surface area contributed by atoms with Crippen LogP contribution in [-0.4, -0.2) is 24.1 Å². The fraction of sp³-hybridized carbons (Fsp3) is 0.125. The van der Waals surface area contributed by atoms with E-state index in [1.54, 1.807) is 37.3 Å². The molecule has 108 valence electrons. The number of carbonyl (C=O) groups is 2. The van der Waals surface area contributed by atoms with Gasteiger partial charge in [0.25, 0.3) is 5.91 Å². The molecular weight excluding hydrogens is 270 g/mol. The molecule has 21 heavy (non-hydrogen) atoms. The molecule has 1 amide bonds. The van der Waals surface area contributed by atoms with Gasteiger partial charge in [-0.2, -0.15) is 0 Å². The lowest BCUT2D eigenvalue weighted by Gasteiger charge is -2.12. The Labute approximate surface area is 122 Å². The lowest BCUT2D eigenvalue weighted by atomic mass is 10.1. The van der Waals surface area contributed by atoms with Gasteiger partial charge in [-0.25, -0.2) is 4.79 Å². The monoisotopic (exact) mass is 285 g/mol. The van der Waals surface area contributed by atoms with Crippen LogP contribution in [0.15, 0.2) is 42.5 Å². The lowest BCUT2D eigenvalue weighted by Crippen LogP contribution is -2.13. The van der Waals surface area contributed by atoms with Gasteiger partial charge in [-0.3, -0.25) is 4.79 Å². The molecule has 0 unspecified atom stereocenters. The number of aromatic carboxylic acids is 1. The predicted molar refractivity (Wildman–Crippen MR) is 79.1 cm³/mol. The van der Waals surface area contributed by atoms with Crippen LogP contribution in [0.1, 0.15) is 26.3 Å². The Balaban J connectivity index is 2.33. The van der Waals surface area contributed by atoms with Gasteiger partial charge in [0.15, 0.2) is 0 Å². The van der Waals surface area contributed by atoms with Crippen molar-refractivity contribution >= 4 is 17.6 Å². The summed E-state index contributed by atoms with van der Waals surface area (Å²) in [6.07, 6.45) is 0. The van der Waals surface area contributed by atoms with Gasteiger partial charge in [0.1, 0.15) is 11.3 Å². The first-order chi connectivity index (χ1) is 10.0. The zero-order valence-corrected chi connectivity index (χ0v) is 11.7. The number of amides is 1. The van der Waals surface area contributed by atoms with Gasteiger partial charge in [0.05, 0.1) is 7.11 Å². The third kappa shape index (κ3) is 3.20. The van der Waals surface area contributed by atoms with Crippen molar-refractivity contribution in [3.05, 3.63) is 59.2 Å². The fourth-order valence-corrected chi connectivity index (χ4v) is 2.07. The van der Waals surface area contributed by atoms with Gasteiger partial charge < -0.3 is 15.2 Å². The number of carboxylic acids is 1. The molecule has 0 aliphatic rings. The SMILES string of the molecule is COc1c(C)cc(NC(=O)c2ccccc2)cc1C(=O)O. The minimum atomic E-state index is -1.11. The largest absolute Gasteiger partial charge is 0.496 e. The summed E-state index contributed by atoms with van der Waals surface area (Å²) in [6.45, 7) is 1.73. The van der Waals surface area contributed by atoms with Gasteiger partial charge >= 0.3 is 5.97 Å². The third-order valence-corrected chi connectivity index (χ3v) is 3.00. The van der Waals surface area contributed by atoms with Crippen molar-refractivity contribution in [2.45, 2.75) is 6.92 Å². The van der Waals surface area contributed by atoms with E-state index in [1.807, 2.05) is 6.07 Å². The van der Waals surface area contributed by atoms with E-state index in [0.29, 0.717) is 22.6 Å². The Hall–Kier alpha value is -2.82. The van der Waals surface area contributed by atoms with Gasteiger partial charge in [-0.05, 0) is 36.8 Å². The highest BCUT2D eigenvalue weighted by Crippen LogP contribution is 2.27. The summed E-state index contributed by atoms with van der Waals surface area (Å²) < 4.78 is 5.09. The Morgan fingerprint density at radius 3 is 2.38 bits per heavy atom. The predicted octanol–water partition coefficient (Wildman–Crippen LogP) is 2.95. The Bertz CT molecular complexity index is 680. The summed E-state index contributed by atoms with van der Waals surface area (Å²) in [6, 6.07) is 11.8. The average Bonchev–Trinajstić information content (AvgIpc) is 2.47. The maximum Gasteiger partial charge on any atom is 0.339 e. The second-order valence-electron chi connectivity index (χ2n) is 4.50. The summed E-state index contributed by atoms with van der Waals surface area (Å²) in [4.78, 5) is 23.3. The highest BCUT2D eigenvalue weighted by atomic mass is 16.5. The Morgan fingerprint density at radius 2 is 1.81 bits per heavy atom. The molecule has 0 saturated heterocycles. The molecule has 0 aromatic heterocycles. The molecule has 0 radical (unpaired) electrons. The number of ether oxygens (including phenoxy) is 1. The van der Waals surface area contributed by atoms with Gasteiger partial charge in [0, 0.05) is 11.3 Å². The maximum atomic E-state index is 12.1. The number of hydrogen-bond acceptors (Lipinski definition) is 3. The van der Waals surface area contributed by atoms with E-state index in [4.69, 9.17) is 4.74 Å². The Kier molecular flexibility index (Phi) is 4.23. The molecule has 0 atom stereocenters. The van der Waals surface area contributed by atoms with Crippen molar-refractivity contribution in [1.82, 2.24) is 0 Å². The van der Waals surface area contributed by atoms with E-state index < -0.39 is 5.97 Å². The third-order valence-electron chi connectivity index (χ3n) is 3.00. The molecule has 2 aromatic rings. The smallest absolute Gasteiger partial charge is 0.339 e. The van der Waals surface area contributed by atoms with Crippen LogP contribution < -0.4 is 10.1 Å². The number of aryl methyl sites for hydroxylation is 1. The van der Waals surface area contributed by atoms with Crippen LogP contribution in [-0.2, 0) is 0 Å². The molecule has 2 rings (SSSR count). The number of carbonyl (C=O) groups excluding carboxylic acids is 1. The molecule has 2 aromatic carbocycles. The minimum absolute atomic E-state index is 0.0147. The average molecular weight is 285 g/mol. The van der Waals surface area contributed by atoms with Crippen LogP contribution in [0.25, 0.3) is 0 Å². The first kappa shape index (κ1) is 14.6. The minimum Gasteiger partial charge on any atom is -0.496 e. The number of methoxy groups -OCH3 is 1. The highest BCUT2D eigenvalue weighted by molar-refractivity contribution is 6.05. The normalized spacial score (nSPS) is 10.0. The van der Waals surface area contributed by atoms with E-state index in [-0.39, 0.29) is 11.5 Å². The molecule has 0 heterocycles. The molecule has 0 fully saturated rings. The molecule has 0 bridgehead atoms. The molecule has 0 spiro atoms. The number of carboxylic acid groups (broad SMARTS) is 1. The molecule has 5 nitrogen and oxygen atoms in total. The summed E-state index contributed by atoms with van der Waals surface area (Å²) in [5.74, 6) is -1.11. The summed E-state index contributed by atoms with van der Waals surface area (Å²) >= 11 is 0. The van der Waals surface area contributed by atoms with Crippen LogP contribution in [0.3, 0.4) is 0 Å². The number of hydrogen-bond donors (Lipinski definition) is 2. The zero-order valence-electron chi connectivity index (χ0n) is 11.7. The van der Waals surface area contributed by atoms with E-state index in [0.717, 1.165) is 0 Å². The Morgan fingerprint density at radius 1 is 1.14 bits per heavy atom. The molecule has 0 aliphatic carbocycles. The second kappa shape index (κ2) is 6.09. The van der Waals surface area contributed by atoms with Crippen LogP contribution in [0, 0.1) is 6.92 Å². The van der Waals surface area contributed by atoms with Gasteiger partial charge in [-0.15, -0.1) is 0 Å². The van der Waals surface area contributed by atoms with Crippen molar-refractivity contribution < 1.29 is 19.4 Å². The zero-order chi connectivity index (χ0) is 15.4. The number of anilines is 1. The standard InChI is InChI=1S/C16H15NO4/c1-10-8-12(9-13(16(19)20)14(10)21-2)17-15(18)11-6-4-3-5-7-11/h3-9H,1-2H3,(H,17,18)(H,19,20). The van der Waals surface area contributed by atoms with Crippen LogP contribution in [0.2, 0.25) is 0 Å². The van der Waals surface area contributed by atoms with E-state index in [2.05, 4.69) is 5.32 Å². The summed E-state index contributed by atoms with van der Waals surface area (Å²) in [5.41, 5.74) is 1.57. The van der Waals surface area contributed by atoms with Crippen molar-refractivity contribution in [3.63, 3.8) is 0 Å².